The number of nitrogens with one attached hydrogen (secondary N) is 1. The molecule has 0 fully saturated rings. The van der Waals surface area contributed by atoms with E-state index in [0.717, 1.165) is 23.0 Å². The van der Waals surface area contributed by atoms with Gasteiger partial charge < -0.3 is 5.32 Å². The van der Waals surface area contributed by atoms with Gasteiger partial charge in [-0.05, 0) is 12.1 Å². The molecule has 0 aliphatic rings. The summed E-state index contributed by atoms with van der Waals surface area (Å²) < 4.78 is 0. The van der Waals surface area contributed by atoms with Crippen LogP contribution in [0, 0.1) is 0 Å². The smallest absolute Gasteiger partial charge is 0.134 e. The molecule has 88 valence electrons. The summed E-state index contributed by atoms with van der Waals surface area (Å²) in [5.74, 6) is 1.95. The molecule has 0 aliphatic heterocycles. The van der Waals surface area contributed by atoms with Gasteiger partial charge in [0.1, 0.15) is 11.6 Å². The first-order valence-corrected chi connectivity index (χ1v) is 5.69. The zero-order valence-corrected chi connectivity index (χ0v) is 10.3. The molecule has 2 aromatic rings. The Morgan fingerprint density at radius 3 is 2.53 bits per heavy atom. The third kappa shape index (κ3) is 2.58. The molecule has 0 atom stereocenters. The van der Waals surface area contributed by atoms with E-state index in [1.165, 1.54) is 0 Å². The minimum Gasteiger partial charge on any atom is -0.373 e. The predicted molar refractivity (Wildman–Crippen MR) is 68.9 cm³/mol. The lowest BCUT2D eigenvalue weighted by Gasteiger charge is -2.09. The molecule has 0 aromatic carbocycles. The van der Waals surface area contributed by atoms with Crippen LogP contribution in [0.1, 0.15) is 25.6 Å². The SMILES string of the molecule is CNc1cc(-c2ccccn2)nc(C(C)C)n1. The fourth-order valence-corrected chi connectivity index (χ4v) is 1.50. The van der Waals surface area contributed by atoms with Crippen molar-refractivity contribution in [3.05, 3.63) is 36.3 Å². The summed E-state index contributed by atoms with van der Waals surface area (Å²) in [6.45, 7) is 4.16. The van der Waals surface area contributed by atoms with Crippen molar-refractivity contribution >= 4 is 5.82 Å². The van der Waals surface area contributed by atoms with E-state index in [1.807, 2.05) is 31.3 Å². The van der Waals surface area contributed by atoms with Gasteiger partial charge in [0.25, 0.3) is 0 Å². The Kier molecular flexibility index (Phi) is 3.32. The van der Waals surface area contributed by atoms with Crippen LogP contribution in [0.25, 0.3) is 11.4 Å². The van der Waals surface area contributed by atoms with E-state index in [-0.39, 0.29) is 0 Å². The monoisotopic (exact) mass is 228 g/mol. The van der Waals surface area contributed by atoms with Gasteiger partial charge in [0, 0.05) is 25.2 Å². The Balaban J connectivity index is 2.50. The molecular weight excluding hydrogens is 212 g/mol. The van der Waals surface area contributed by atoms with Gasteiger partial charge in [-0.1, -0.05) is 19.9 Å². The largest absolute Gasteiger partial charge is 0.373 e. The Labute approximate surface area is 101 Å². The third-order valence-electron chi connectivity index (χ3n) is 2.44. The zero-order valence-electron chi connectivity index (χ0n) is 10.3. The van der Waals surface area contributed by atoms with Crippen LogP contribution >= 0.6 is 0 Å². The van der Waals surface area contributed by atoms with Crippen molar-refractivity contribution in [3.63, 3.8) is 0 Å². The van der Waals surface area contributed by atoms with Crippen LogP contribution < -0.4 is 5.32 Å². The molecule has 0 saturated carbocycles. The Morgan fingerprint density at radius 2 is 1.94 bits per heavy atom. The van der Waals surface area contributed by atoms with E-state index in [4.69, 9.17) is 0 Å². The average Bonchev–Trinajstić information content (AvgIpc) is 2.39. The maximum Gasteiger partial charge on any atom is 0.134 e. The van der Waals surface area contributed by atoms with Gasteiger partial charge in [-0.2, -0.15) is 0 Å². The minimum atomic E-state index is 0.297. The van der Waals surface area contributed by atoms with E-state index in [0.29, 0.717) is 5.92 Å². The molecule has 0 spiro atoms. The molecular formula is C13H16N4. The molecule has 2 heterocycles. The molecule has 0 saturated heterocycles. The summed E-state index contributed by atoms with van der Waals surface area (Å²) in [5.41, 5.74) is 1.72. The van der Waals surface area contributed by atoms with Crippen molar-refractivity contribution in [1.82, 2.24) is 15.0 Å². The lowest BCUT2D eigenvalue weighted by atomic mass is 10.2. The van der Waals surface area contributed by atoms with Crippen LogP contribution in [0.3, 0.4) is 0 Å². The van der Waals surface area contributed by atoms with Gasteiger partial charge in [0.05, 0.1) is 11.4 Å². The molecule has 4 heteroatoms. The molecule has 0 aliphatic carbocycles. The summed E-state index contributed by atoms with van der Waals surface area (Å²) >= 11 is 0. The predicted octanol–water partition coefficient (Wildman–Crippen LogP) is 2.70. The summed E-state index contributed by atoms with van der Waals surface area (Å²) in [7, 11) is 1.86. The molecule has 2 rings (SSSR count). The van der Waals surface area contributed by atoms with Crippen molar-refractivity contribution in [2.75, 3.05) is 12.4 Å². The van der Waals surface area contributed by atoms with E-state index < -0.39 is 0 Å². The molecule has 0 bridgehead atoms. The van der Waals surface area contributed by atoms with Crippen LogP contribution in [0.4, 0.5) is 5.82 Å². The molecule has 2 aromatic heterocycles. The highest BCUT2D eigenvalue weighted by Gasteiger charge is 2.09. The number of rotatable bonds is 3. The van der Waals surface area contributed by atoms with Crippen molar-refractivity contribution in [3.8, 4) is 11.4 Å². The first kappa shape index (κ1) is 11.5. The highest BCUT2D eigenvalue weighted by Crippen LogP contribution is 2.20. The van der Waals surface area contributed by atoms with Crippen LogP contribution in [0.2, 0.25) is 0 Å². The highest BCUT2D eigenvalue weighted by atomic mass is 15.0. The summed E-state index contributed by atoms with van der Waals surface area (Å²) in [6, 6.07) is 7.71. The van der Waals surface area contributed by atoms with Gasteiger partial charge in [-0.25, -0.2) is 9.97 Å². The second kappa shape index (κ2) is 4.91. The Morgan fingerprint density at radius 1 is 1.12 bits per heavy atom. The Bertz CT molecular complexity index is 494. The number of hydrogen-bond acceptors (Lipinski definition) is 4. The fourth-order valence-electron chi connectivity index (χ4n) is 1.50. The van der Waals surface area contributed by atoms with E-state index in [2.05, 4.69) is 34.1 Å². The van der Waals surface area contributed by atoms with Gasteiger partial charge in [0.15, 0.2) is 0 Å². The zero-order chi connectivity index (χ0) is 12.3. The lowest BCUT2D eigenvalue weighted by Crippen LogP contribution is -2.03. The quantitative estimate of drug-likeness (QED) is 0.877. The standard InChI is InChI=1S/C13H16N4/c1-9(2)13-16-11(8-12(14-3)17-13)10-6-4-5-7-15-10/h4-9H,1-3H3,(H,14,16,17). The number of anilines is 1. The molecule has 0 unspecified atom stereocenters. The highest BCUT2D eigenvalue weighted by molar-refractivity contribution is 5.58. The Hall–Kier alpha value is -1.97. The first-order valence-electron chi connectivity index (χ1n) is 5.69. The number of nitrogens with zero attached hydrogens (tertiary/aromatic N) is 3. The van der Waals surface area contributed by atoms with Gasteiger partial charge in [0.2, 0.25) is 0 Å². The van der Waals surface area contributed by atoms with Gasteiger partial charge >= 0.3 is 0 Å². The minimum absolute atomic E-state index is 0.297. The fraction of sp³-hybridized carbons (Fsp3) is 0.308. The topological polar surface area (TPSA) is 50.7 Å². The lowest BCUT2D eigenvalue weighted by molar-refractivity contribution is 0.777. The van der Waals surface area contributed by atoms with E-state index in [1.54, 1.807) is 6.20 Å². The van der Waals surface area contributed by atoms with Crippen LogP contribution in [0.15, 0.2) is 30.5 Å². The summed E-state index contributed by atoms with van der Waals surface area (Å²) in [6.07, 6.45) is 1.77. The molecule has 17 heavy (non-hydrogen) atoms. The maximum absolute atomic E-state index is 4.54. The third-order valence-corrected chi connectivity index (χ3v) is 2.44. The molecule has 4 nitrogen and oxygen atoms in total. The summed E-state index contributed by atoms with van der Waals surface area (Å²) in [5, 5.41) is 3.05. The number of aromatic nitrogens is 3. The number of hydrogen-bond donors (Lipinski definition) is 1. The van der Waals surface area contributed by atoms with Gasteiger partial charge in [-0.3, -0.25) is 4.98 Å². The maximum atomic E-state index is 4.54. The first-order chi connectivity index (χ1) is 8.20. The number of pyridine rings is 1. The van der Waals surface area contributed by atoms with Crippen LogP contribution in [0.5, 0.6) is 0 Å². The van der Waals surface area contributed by atoms with Crippen molar-refractivity contribution in [2.24, 2.45) is 0 Å². The molecule has 1 N–H and O–H groups in total. The van der Waals surface area contributed by atoms with E-state index in [9.17, 15) is 0 Å². The normalized spacial score (nSPS) is 10.6. The second-order valence-corrected chi connectivity index (χ2v) is 4.12. The van der Waals surface area contributed by atoms with Crippen LogP contribution in [-0.4, -0.2) is 22.0 Å². The van der Waals surface area contributed by atoms with Crippen LogP contribution in [-0.2, 0) is 0 Å². The van der Waals surface area contributed by atoms with Gasteiger partial charge in [-0.15, -0.1) is 0 Å². The average molecular weight is 228 g/mol. The second-order valence-electron chi connectivity index (χ2n) is 4.12. The van der Waals surface area contributed by atoms with Crippen molar-refractivity contribution < 1.29 is 0 Å². The molecule has 0 amide bonds. The molecule has 0 radical (unpaired) electrons. The van der Waals surface area contributed by atoms with E-state index >= 15 is 0 Å². The van der Waals surface area contributed by atoms with Crippen molar-refractivity contribution in [1.29, 1.82) is 0 Å². The van der Waals surface area contributed by atoms with Crippen molar-refractivity contribution in [2.45, 2.75) is 19.8 Å². The summed E-state index contributed by atoms with van der Waals surface area (Å²) in [4.78, 5) is 13.3.